The lowest BCUT2D eigenvalue weighted by Gasteiger charge is -2.35. The molecular formula is C37H49N5O7. The number of nitrogens with one attached hydrogen (secondary N) is 3. The Morgan fingerprint density at radius 1 is 0.980 bits per heavy atom. The van der Waals surface area contributed by atoms with Gasteiger partial charge in [-0.25, -0.2) is 9.59 Å². The van der Waals surface area contributed by atoms with Crippen molar-refractivity contribution in [3.05, 3.63) is 78.4 Å². The van der Waals surface area contributed by atoms with E-state index in [0.717, 1.165) is 19.3 Å². The average molecular weight is 676 g/mol. The lowest BCUT2D eigenvalue weighted by molar-refractivity contribution is -0.0115. The number of ether oxygens (including phenoxy) is 3. The number of nitrogens with zero attached hydrogens (tertiary/aromatic N) is 2. The van der Waals surface area contributed by atoms with Crippen molar-refractivity contribution in [3.8, 4) is 11.5 Å². The van der Waals surface area contributed by atoms with Crippen molar-refractivity contribution in [1.82, 2.24) is 9.80 Å². The summed E-state index contributed by atoms with van der Waals surface area (Å²) in [5.74, 6) is 0.505. The Morgan fingerprint density at radius 2 is 1.65 bits per heavy atom. The second kappa shape index (κ2) is 18.1. The Morgan fingerprint density at radius 3 is 2.35 bits per heavy atom. The zero-order chi connectivity index (χ0) is 35.3. The molecule has 0 aliphatic carbocycles. The highest BCUT2D eigenvalue weighted by molar-refractivity contribution is 6.02. The summed E-state index contributed by atoms with van der Waals surface area (Å²) in [7, 11) is 3.29. The molecular weight excluding hydrogens is 626 g/mol. The summed E-state index contributed by atoms with van der Waals surface area (Å²) in [5.41, 5.74) is 1.94. The van der Waals surface area contributed by atoms with Crippen molar-refractivity contribution in [1.29, 1.82) is 0 Å². The summed E-state index contributed by atoms with van der Waals surface area (Å²) < 4.78 is 17.9. The minimum atomic E-state index is -0.539. The molecule has 1 heterocycles. The van der Waals surface area contributed by atoms with Crippen molar-refractivity contribution < 1.29 is 33.7 Å². The first-order valence-corrected chi connectivity index (χ1v) is 16.7. The number of aliphatic hydroxyl groups excluding tert-OH is 1. The summed E-state index contributed by atoms with van der Waals surface area (Å²) in [4.78, 5) is 43.5. The van der Waals surface area contributed by atoms with Crippen LogP contribution < -0.4 is 25.4 Å². The van der Waals surface area contributed by atoms with Crippen LogP contribution in [0.5, 0.6) is 11.5 Å². The SMILES string of the molecule is COc1ccc(NC(=O)N(C)C[C@@H]2OCCCC[C@H](C)Oc3ccc(NC(=O)Nc4ccccc4)cc3C(=O)N([C@H](C)CO)C[C@@H]2C)cc1. The van der Waals surface area contributed by atoms with Gasteiger partial charge < -0.3 is 45.1 Å². The van der Waals surface area contributed by atoms with E-state index in [1.165, 1.54) is 0 Å². The first kappa shape index (κ1) is 37.0. The normalized spacial score (nSPS) is 19.3. The lowest BCUT2D eigenvalue weighted by Crippen LogP contribution is -2.48. The number of hydrogen-bond acceptors (Lipinski definition) is 7. The molecule has 1 aliphatic rings. The first-order valence-electron chi connectivity index (χ1n) is 16.7. The van der Waals surface area contributed by atoms with Gasteiger partial charge in [0.15, 0.2) is 0 Å². The molecule has 0 spiro atoms. The molecule has 0 unspecified atom stereocenters. The van der Waals surface area contributed by atoms with E-state index in [1.807, 2.05) is 32.0 Å². The molecule has 0 fully saturated rings. The third-order valence-electron chi connectivity index (χ3n) is 8.48. The molecule has 0 bridgehead atoms. The smallest absolute Gasteiger partial charge is 0.323 e. The molecule has 3 aromatic rings. The monoisotopic (exact) mass is 675 g/mol. The average Bonchev–Trinajstić information content (AvgIpc) is 3.10. The Hall–Kier alpha value is -4.81. The number of urea groups is 2. The highest BCUT2D eigenvalue weighted by atomic mass is 16.5. The molecule has 5 amide bonds. The first-order chi connectivity index (χ1) is 23.6. The Kier molecular flexibility index (Phi) is 13.7. The number of carbonyl (C=O) groups is 3. The minimum absolute atomic E-state index is 0.194. The highest BCUT2D eigenvalue weighted by Crippen LogP contribution is 2.29. The fourth-order valence-corrected chi connectivity index (χ4v) is 5.52. The number of likely N-dealkylation sites (N-methyl/N-ethyl adjacent to an activating group) is 1. The molecule has 3 aromatic carbocycles. The van der Waals surface area contributed by atoms with Gasteiger partial charge in [-0.15, -0.1) is 0 Å². The molecule has 4 atom stereocenters. The van der Waals surface area contributed by atoms with Crippen LogP contribution in [0, 0.1) is 5.92 Å². The van der Waals surface area contributed by atoms with Gasteiger partial charge >= 0.3 is 12.1 Å². The Labute approximate surface area is 288 Å². The van der Waals surface area contributed by atoms with Crippen LogP contribution in [0.2, 0.25) is 0 Å². The van der Waals surface area contributed by atoms with Gasteiger partial charge in [0.25, 0.3) is 5.91 Å². The Bertz CT molecular complexity index is 1520. The number of para-hydroxylation sites is 1. The Balaban J connectivity index is 1.56. The number of benzene rings is 3. The van der Waals surface area contributed by atoms with E-state index in [2.05, 4.69) is 16.0 Å². The van der Waals surface area contributed by atoms with E-state index in [1.54, 1.807) is 85.5 Å². The quantitative estimate of drug-likeness (QED) is 0.220. The number of rotatable bonds is 8. The van der Waals surface area contributed by atoms with E-state index in [0.29, 0.717) is 35.2 Å². The number of hydrogen-bond donors (Lipinski definition) is 4. The van der Waals surface area contributed by atoms with Gasteiger partial charge in [0.1, 0.15) is 11.5 Å². The van der Waals surface area contributed by atoms with Crippen LogP contribution in [-0.4, -0.2) is 91.6 Å². The van der Waals surface area contributed by atoms with E-state index in [9.17, 15) is 19.5 Å². The van der Waals surface area contributed by atoms with Crippen molar-refractivity contribution in [2.45, 2.75) is 58.3 Å². The fourth-order valence-electron chi connectivity index (χ4n) is 5.52. The predicted octanol–water partition coefficient (Wildman–Crippen LogP) is 6.30. The molecule has 0 radical (unpaired) electrons. The van der Waals surface area contributed by atoms with Crippen molar-refractivity contribution in [3.63, 3.8) is 0 Å². The van der Waals surface area contributed by atoms with Crippen LogP contribution in [0.15, 0.2) is 72.8 Å². The highest BCUT2D eigenvalue weighted by Gasteiger charge is 2.31. The molecule has 49 heavy (non-hydrogen) atoms. The maximum atomic E-state index is 14.4. The zero-order valence-electron chi connectivity index (χ0n) is 29.0. The van der Waals surface area contributed by atoms with Gasteiger partial charge in [-0.05, 0) is 87.7 Å². The van der Waals surface area contributed by atoms with E-state index < -0.39 is 18.2 Å². The van der Waals surface area contributed by atoms with Gasteiger partial charge in [-0.2, -0.15) is 0 Å². The maximum absolute atomic E-state index is 14.4. The third kappa shape index (κ3) is 10.8. The zero-order valence-corrected chi connectivity index (χ0v) is 29.0. The van der Waals surface area contributed by atoms with Crippen molar-refractivity contribution in [2.75, 3.05) is 56.4 Å². The van der Waals surface area contributed by atoms with E-state index in [4.69, 9.17) is 14.2 Å². The lowest BCUT2D eigenvalue weighted by atomic mass is 10.0. The molecule has 12 heteroatoms. The number of fused-ring (bicyclic) bond motifs is 1. The largest absolute Gasteiger partial charge is 0.497 e. The number of amides is 5. The van der Waals surface area contributed by atoms with Gasteiger partial charge in [0.05, 0.1) is 37.5 Å². The molecule has 12 nitrogen and oxygen atoms in total. The standard InChI is InChI=1S/C37H49N5O7/c1-25-22-42(26(2)24-43)35(44)32-21-30(39-36(45)38-28-12-7-6-8-13-28)16-19-33(32)49-27(3)11-9-10-20-48-34(25)23-41(4)37(46)40-29-14-17-31(47-5)18-15-29/h6-8,12-19,21,25-27,34,43H,9-11,20,22-24H2,1-5H3,(H,40,46)(H2,38,39,45)/t25-,26+,27-,34-/m0/s1. The van der Waals surface area contributed by atoms with Gasteiger partial charge in [-0.3, -0.25) is 4.79 Å². The number of carbonyl (C=O) groups excluding carboxylic acids is 3. The molecule has 1 aliphatic heterocycles. The van der Waals surface area contributed by atoms with Crippen LogP contribution in [-0.2, 0) is 4.74 Å². The molecule has 0 saturated heterocycles. The second-order valence-electron chi connectivity index (χ2n) is 12.5. The van der Waals surface area contributed by atoms with Crippen LogP contribution in [0.4, 0.5) is 26.7 Å². The second-order valence-corrected chi connectivity index (χ2v) is 12.5. The van der Waals surface area contributed by atoms with Gasteiger partial charge in [0, 0.05) is 49.7 Å². The molecule has 0 aromatic heterocycles. The topological polar surface area (TPSA) is 142 Å². The molecule has 4 N–H and O–H groups in total. The van der Waals surface area contributed by atoms with E-state index >= 15 is 0 Å². The molecule has 4 rings (SSSR count). The van der Waals surface area contributed by atoms with Crippen LogP contribution in [0.1, 0.15) is 50.4 Å². The summed E-state index contributed by atoms with van der Waals surface area (Å²) in [6, 6.07) is 19.8. The third-order valence-corrected chi connectivity index (χ3v) is 8.48. The van der Waals surface area contributed by atoms with Gasteiger partial charge in [-0.1, -0.05) is 25.1 Å². The number of anilines is 3. The minimum Gasteiger partial charge on any atom is -0.497 e. The maximum Gasteiger partial charge on any atom is 0.323 e. The van der Waals surface area contributed by atoms with Crippen LogP contribution >= 0.6 is 0 Å². The van der Waals surface area contributed by atoms with Crippen molar-refractivity contribution in [2.24, 2.45) is 5.92 Å². The van der Waals surface area contributed by atoms with Crippen LogP contribution in [0.3, 0.4) is 0 Å². The predicted molar refractivity (Wildman–Crippen MR) is 191 cm³/mol. The fraction of sp³-hybridized carbons (Fsp3) is 0.432. The summed E-state index contributed by atoms with van der Waals surface area (Å²) >= 11 is 0. The summed E-state index contributed by atoms with van der Waals surface area (Å²) in [6.45, 7) is 6.43. The van der Waals surface area contributed by atoms with Gasteiger partial charge in [0.2, 0.25) is 0 Å². The molecule has 264 valence electrons. The molecule has 0 saturated carbocycles. The number of aliphatic hydroxyl groups is 1. The number of methoxy groups -OCH3 is 1. The summed E-state index contributed by atoms with van der Waals surface area (Å²) in [5, 5.41) is 18.7. The summed E-state index contributed by atoms with van der Waals surface area (Å²) in [6.07, 6.45) is 1.77. The van der Waals surface area contributed by atoms with E-state index in [-0.39, 0.29) is 49.2 Å². The van der Waals surface area contributed by atoms with Crippen LogP contribution in [0.25, 0.3) is 0 Å². The van der Waals surface area contributed by atoms with Crippen molar-refractivity contribution >= 4 is 35.0 Å².